The van der Waals surface area contributed by atoms with Crippen LogP contribution < -0.4 is 5.32 Å². The van der Waals surface area contributed by atoms with Gasteiger partial charge in [-0.05, 0) is 24.4 Å². The summed E-state index contributed by atoms with van der Waals surface area (Å²) >= 11 is 3.30. The van der Waals surface area contributed by atoms with Crippen LogP contribution in [0.4, 0.5) is 0 Å². The predicted octanol–water partition coefficient (Wildman–Crippen LogP) is 2.24. The molecule has 0 aromatic carbocycles. The van der Waals surface area contributed by atoms with Gasteiger partial charge >= 0.3 is 0 Å². The van der Waals surface area contributed by atoms with E-state index in [1.54, 1.807) is 22.7 Å². The summed E-state index contributed by atoms with van der Waals surface area (Å²) in [5.74, 6) is 0.191. The monoisotopic (exact) mass is 307 g/mol. The third kappa shape index (κ3) is 3.26. The van der Waals surface area contributed by atoms with Gasteiger partial charge in [0.25, 0.3) is 0 Å². The number of carbonyl (C=O) groups is 1. The van der Waals surface area contributed by atoms with Crippen LogP contribution in [0.2, 0.25) is 0 Å². The second kappa shape index (κ2) is 6.47. The smallest absolute Gasteiger partial charge is 0.228 e. The van der Waals surface area contributed by atoms with Crippen LogP contribution in [0.15, 0.2) is 22.9 Å². The summed E-state index contributed by atoms with van der Waals surface area (Å²) < 4.78 is 0. The molecular weight excluding hydrogens is 290 g/mol. The fraction of sp³-hybridized carbons (Fsp3) is 0.429. The van der Waals surface area contributed by atoms with Crippen LogP contribution >= 0.6 is 22.7 Å². The molecule has 6 heteroatoms. The minimum atomic E-state index is 0.191. The highest BCUT2D eigenvalue weighted by molar-refractivity contribution is 7.20. The van der Waals surface area contributed by atoms with E-state index in [0.717, 1.165) is 43.3 Å². The van der Waals surface area contributed by atoms with Crippen LogP contribution in [0, 0.1) is 0 Å². The van der Waals surface area contributed by atoms with Crippen LogP contribution in [0.5, 0.6) is 0 Å². The normalized spacial score (nSPS) is 16.1. The number of amides is 1. The van der Waals surface area contributed by atoms with Crippen molar-refractivity contribution in [1.29, 1.82) is 0 Å². The number of hydrogen-bond acceptors (Lipinski definition) is 5. The Balaban J connectivity index is 1.64. The third-order valence-corrected chi connectivity index (χ3v) is 5.24. The largest absolute Gasteiger partial charge is 0.341 e. The first-order chi connectivity index (χ1) is 9.83. The summed E-state index contributed by atoms with van der Waals surface area (Å²) in [5.41, 5.74) is 0.889. The highest BCUT2D eigenvalue weighted by Crippen LogP contribution is 2.27. The molecule has 106 valence electrons. The molecule has 1 amide bonds. The minimum Gasteiger partial charge on any atom is -0.341 e. The first-order valence-electron chi connectivity index (χ1n) is 6.80. The second-order valence-corrected chi connectivity index (χ2v) is 6.59. The lowest BCUT2D eigenvalue weighted by molar-refractivity contribution is -0.130. The van der Waals surface area contributed by atoms with Gasteiger partial charge in [0.05, 0.1) is 17.0 Å². The third-order valence-electron chi connectivity index (χ3n) is 3.31. The number of thiazole rings is 1. The van der Waals surface area contributed by atoms with Crippen molar-refractivity contribution < 1.29 is 4.79 Å². The summed E-state index contributed by atoms with van der Waals surface area (Å²) in [4.78, 5) is 20.0. The van der Waals surface area contributed by atoms with Crippen molar-refractivity contribution in [2.75, 3.05) is 26.2 Å². The Morgan fingerprint density at radius 2 is 2.30 bits per heavy atom. The predicted molar refractivity (Wildman–Crippen MR) is 83.2 cm³/mol. The average Bonchev–Trinajstić information content (AvgIpc) is 3.05. The molecule has 1 N–H and O–H groups in total. The molecule has 1 fully saturated rings. The Hall–Kier alpha value is -1.24. The lowest BCUT2D eigenvalue weighted by atomic mass is 10.3. The molecule has 1 aliphatic heterocycles. The molecule has 0 spiro atoms. The Bertz CT molecular complexity index is 557. The molecule has 0 saturated carbocycles. The molecule has 4 nitrogen and oxygen atoms in total. The van der Waals surface area contributed by atoms with Crippen molar-refractivity contribution in [3.63, 3.8) is 0 Å². The van der Waals surface area contributed by atoms with Gasteiger partial charge in [0, 0.05) is 25.0 Å². The van der Waals surface area contributed by atoms with Gasteiger partial charge in [-0.15, -0.1) is 22.7 Å². The summed E-state index contributed by atoms with van der Waals surface area (Å²) in [6, 6.07) is 4.09. The van der Waals surface area contributed by atoms with Crippen LogP contribution in [0.25, 0.3) is 9.88 Å². The Morgan fingerprint density at radius 1 is 1.35 bits per heavy atom. The van der Waals surface area contributed by atoms with Gasteiger partial charge < -0.3 is 10.2 Å². The Labute approximate surface area is 126 Å². The standard InChI is InChI=1S/C14H17N3OS2/c18-13(17-6-2-4-15-5-7-17)9-11-10-20-14(16-11)12-3-1-8-19-12/h1,3,8,10,15H,2,4-7,9H2. The topological polar surface area (TPSA) is 45.2 Å². The fourth-order valence-electron chi connectivity index (χ4n) is 2.26. The van der Waals surface area contributed by atoms with Crippen LogP contribution in [0.1, 0.15) is 12.1 Å². The molecular formula is C14H17N3OS2. The first kappa shape index (κ1) is 13.7. The van der Waals surface area contributed by atoms with E-state index in [-0.39, 0.29) is 5.91 Å². The zero-order chi connectivity index (χ0) is 13.8. The molecule has 2 aromatic heterocycles. The molecule has 3 heterocycles. The van der Waals surface area contributed by atoms with E-state index in [2.05, 4.69) is 16.4 Å². The fourth-order valence-corrected chi connectivity index (χ4v) is 3.90. The van der Waals surface area contributed by atoms with E-state index < -0.39 is 0 Å². The number of thiophene rings is 1. The molecule has 2 aromatic rings. The van der Waals surface area contributed by atoms with Crippen molar-refractivity contribution in [2.45, 2.75) is 12.8 Å². The average molecular weight is 307 g/mol. The van der Waals surface area contributed by atoms with Crippen molar-refractivity contribution in [1.82, 2.24) is 15.2 Å². The van der Waals surface area contributed by atoms with Crippen LogP contribution in [-0.4, -0.2) is 42.0 Å². The van der Waals surface area contributed by atoms with Gasteiger partial charge in [-0.1, -0.05) is 6.07 Å². The van der Waals surface area contributed by atoms with Crippen LogP contribution in [-0.2, 0) is 11.2 Å². The zero-order valence-electron chi connectivity index (χ0n) is 11.2. The molecule has 0 atom stereocenters. The summed E-state index contributed by atoms with van der Waals surface area (Å²) in [7, 11) is 0. The van der Waals surface area contributed by atoms with Gasteiger partial charge in [-0.2, -0.15) is 0 Å². The molecule has 0 unspecified atom stereocenters. The SMILES string of the molecule is O=C(Cc1csc(-c2cccs2)n1)N1CCCNCC1. The number of aromatic nitrogens is 1. The second-order valence-electron chi connectivity index (χ2n) is 4.78. The number of hydrogen-bond donors (Lipinski definition) is 1. The molecule has 1 saturated heterocycles. The van der Waals surface area contributed by atoms with E-state index in [9.17, 15) is 4.79 Å². The lowest BCUT2D eigenvalue weighted by Gasteiger charge is -2.19. The molecule has 20 heavy (non-hydrogen) atoms. The van der Waals surface area contributed by atoms with Crippen molar-refractivity contribution >= 4 is 28.6 Å². The van der Waals surface area contributed by atoms with Crippen molar-refractivity contribution in [3.05, 3.63) is 28.6 Å². The van der Waals surface area contributed by atoms with Gasteiger partial charge in [0.1, 0.15) is 5.01 Å². The Morgan fingerprint density at radius 3 is 3.15 bits per heavy atom. The molecule has 3 rings (SSSR count). The van der Waals surface area contributed by atoms with E-state index in [1.165, 1.54) is 4.88 Å². The summed E-state index contributed by atoms with van der Waals surface area (Å²) in [6.07, 6.45) is 1.45. The molecule has 0 aliphatic carbocycles. The van der Waals surface area contributed by atoms with E-state index in [0.29, 0.717) is 6.42 Å². The van der Waals surface area contributed by atoms with Gasteiger partial charge in [0.2, 0.25) is 5.91 Å². The zero-order valence-corrected chi connectivity index (χ0v) is 12.8. The first-order valence-corrected chi connectivity index (χ1v) is 8.55. The maximum Gasteiger partial charge on any atom is 0.228 e. The molecule has 0 bridgehead atoms. The Kier molecular flexibility index (Phi) is 4.44. The summed E-state index contributed by atoms with van der Waals surface area (Å²) in [6.45, 7) is 3.56. The maximum atomic E-state index is 12.3. The molecule has 0 radical (unpaired) electrons. The van der Waals surface area contributed by atoms with E-state index in [4.69, 9.17) is 0 Å². The van der Waals surface area contributed by atoms with E-state index >= 15 is 0 Å². The maximum absolute atomic E-state index is 12.3. The number of nitrogens with one attached hydrogen (secondary N) is 1. The minimum absolute atomic E-state index is 0.191. The van der Waals surface area contributed by atoms with Gasteiger partial charge in [0.15, 0.2) is 0 Å². The quantitative estimate of drug-likeness (QED) is 0.946. The number of nitrogens with zero attached hydrogens (tertiary/aromatic N) is 2. The van der Waals surface area contributed by atoms with Crippen molar-refractivity contribution in [3.8, 4) is 9.88 Å². The lowest BCUT2D eigenvalue weighted by Crippen LogP contribution is -2.35. The van der Waals surface area contributed by atoms with E-state index in [1.807, 2.05) is 21.7 Å². The number of rotatable bonds is 3. The van der Waals surface area contributed by atoms with Crippen LogP contribution in [0.3, 0.4) is 0 Å². The van der Waals surface area contributed by atoms with Crippen molar-refractivity contribution in [2.24, 2.45) is 0 Å². The van der Waals surface area contributed by atoms with Gasteiger partial charge in [-0.25, -0.2) is 4.98 Å². The highest BCUT2D eigenvalue weighted by atomic mass is 32.1. The number of carbonyl (C=O) groups excluding carboxylic acids is 1. The summed E-state index contributed by atoms with van der Waals surface area (Å²) in [5, 5.41) is 8.38. The van der Waals surface area contributed by atoms with Gasteiger partial charge in [-0.3, -0.25) is 4.79 Å². The highest BCUT2D eigenvalue weighted by Gasteiger charge is 2.17. The molecule has 1 aliphatic rings.